The second-order valence-corrected chi connectivity index (χ2v) is 10.0. The minimum atomic E-state index is 0.643. The van der Waals surface area contributed by atoms with Crippen LogP contribution in [-0.4, -0.2) is 4.98 Å². The summed E-state index contributed by atoms with van der Waals surface area (Å²) < 4.78 is 6.23. The molecule has 0 amide bonds. The Labute approximate surface area is 231 Å². The zero-order valence-electron chi connectivity index (χ0n) is 21.7. The fourth-order valence-electron chi connectivity index (χ4n) is 5.85. The largest absolute Gasteiger partial charge is 0.436 e. The van der Waals surface area contributed by atoms with Gasteiger partial charge in [0.2, 0.25) is 5.89 Å². The Morgan fingerprint density at radius 2 is 1.07 bits per heavy atom. The molecule has 0 saturated carbocycles. The molecular weight excluding hydrogens is 488 g/mol. The summed E-state index contributed by atoms with van der Waals surface area (Å²) in [6.45, 7) is 0. The molecule has 8 aromatic rings. The summed E-state index contributed by atoms with van der Waals surface area (Å²) in [6.07, 6.45) is 0. The summed E-state index contributed by atoms with van der Waals surface area (Å²) in [5, 5.41) is 7.04. The van der Waals surface area contributed by atoms with Crippen molar-refractivity contribution in [2.45, 2.75) is 0 Å². The van der Waals surface area contributed by atoms with Crippen molar-refractivity contribution in [3.8, 4) is 11.5 Å². The molecule has 0 aliphatic carbocycles. The van der Waals surface area contributed by atoms with Crippen LogP contribution >= 0.6 is 0 Å². The lowest BCUT2D eigenvalue weighted by Gasteiger charge is -2.27. The van der Waals surface area contributed by atoms with E-state index in [0.717, 1.165) is 44.5 Å². The van der Waals surface area contributed by atoms with Crippen LogP contribution in [0.4, 0.5) is 17.1 Å². The van der Waals surface area contributed by atoms with Gasteiger partial charge >= 0.3 is 0 Å². The molecule has 0 fully saturated rings. The molecule has 0 unspecified atom stereocenters. The second kappa shape index (κ2) is 9.11. The van der Waals surface area contributed by atoms with Gasteiger partial charge in [0.25, 0.3) is 0 Å². The number of aromatic nitrogens is 1. The van der Waals surface area contributed by atoms with Crippen LogP contribution in [0.15, 0.2) is 150 Å². The molecule has 40 heavy (non-hydrogen) atoms. The van der Waals surface area contributed by atoms with Crippen LogP contribution in [0.1, 0.15) is 0 Å². The molecule has 0 saturated heterocycles. The van der Waals surface area contributed by atoms with E-state index < -0.39 is 0 Å². The predicted octanol–water partition coefficient (Wildman–Crippen LogP) is 10.4. The summed E-state index contributed by atoms with van der Waals surface area (Å²) in [7, 11) is 0. The lowest BCUT2D eigenvalue weighted by Crippen LogP contribution is -2.10. The molecule has 7 aromatic carbocycles. The SMILES string of the molecule is c1ccc(-c2nc3c(ccc4ccc5c6cccc(N(c7ccccc7)c7ccccc7)c6ccc5c43)o2)cc1. The lowest BCUT2D eigenvalue weighted by molar-refractivity contribution is 0.620. The highest BCUT2D eigenvalue weighted by Crippen LogP contribution is 2.42. The van der Waals surface area contributed by atoms with Gasteiger partial charge in [0.15, 0.2) is 5.58 Å². The molecule has 0 aliphatic heterocycles. The van der Waals surface area contributed by atoms with Crippen molar-refractivity contribution in [3.63, 3.8) is 0 Å². The Hall–Kier alpha value is -5.41. The van der Waals surface area contributed by atoms with E-state index in [0.29, 0.717) is 5.89 Å². The molecular formula is C37H24N2O. The van der Waals surface area contributed by atoms with Crippen LogP contribution in [0.3, 0.4) is 0 Å². The molecule has 1 aromatic heterocycles. The maximum Gasteiger partial charge on any atom is 0.227 e. The molecule has 3 heteroatoms. The molecule has 1 heterocycles. The van der Waals surface area contributed by atoms with Crippen LogP contribution in [0, 0.1) is 0 Å². The molecule has 0 radical (unpaired) electrons. The average molecular weight is 513 g/mol. The van der Waals surface area contributed by atoms with E-state index in [2.05, 4.69) is 114 Å². The quantitative estimate of drug-likeness (QED) is 0.220. The Bertz CT molecular complexity index is 2110. The minimum absolute atomic E-state index is 0.643. The zero-order valence-corrected chi connectivity index (χ0v) is 21.7. The maximum absolute atomic E-state index is 6.23. The Morgan fingerprint density at radius 1 is 0.475 bits per heavy atom. The number of fused-ring (bicyclic) bond motifs is 7. The van der Waals surface area contributed by atoms with Crippen LogP contribution < -0.4 is 4.90 Å². The maximum atomic E-state index is 6.23. The number of para-hydroxylation sites is 2. The molecule has 0 aliphatic rings. The predicted molar refractivity (Wildman–Crippen MR) is 167 cm³/mol. The van der Waals surface area contributed by atoms with E-state index in [-0.39, 0.29) is 0 Å². The summed E-state index contributed by atoms with van der Waals surface area (Å²) >= 11 is 0. The van der Waals surface area contributed by atoms with E-state index in [9.17, 15) is 0 Å². The van der Waals surface area contributed by atoms with Crippen LogP contribution in [0.5, 0.6) is 0 Å². The zero-order chi connectivity index (χ0) is 26.5. The van der Waals surface area contributed by atoms with Gasteiger partial charge in [-0.3, -0.25) is 0 Å². The molecule has 8 rings (SSSR count). The number of hydrogen-bond donors (Lipinski definition) is 0. The van der Waals surface area contributed by atoms with Gasteiger partial charge in [-0.25, -0.2) is 4.98 Å². The number of rotatable bonds is 4. The Kier molecular flexibility index (Phi) is 5.14. The fraction of sp³-hybridized carbons (Fsp3) is 0. The number of hydrogen-bond acceptors (Lipinski definition) is 3. The summed E-state index contributed by atoms with van der Waals surface area (Å²) in [4.78, 5) is 7.32. The fourth-order valence-corrected chi connectivity index (χ4v) is 5.85. The minimum Gasteiger partial charge on any atom is -0.436 e. The summed E-state index contributed by atoms with van der Waals surface area (Å²) in [5.41, 5.74) is 6.06. The molecule has 0 atom stereocenters. The van der Waals surface area contributed by atoms with E-state index in [1.807, 2.05) is 36.4 Å². The third-order valence-electron chi connectivity index (χ3n) is 7.66. The van der Waals surface area contributed by atoms with Crippen molar-refractivity contribution in [1.29, 1.82) is 0 Å². The van der Waals surface area contributed by atoms with E-state index in [1.54, 1.807) is 0 Å². The first kappa shape index (κ1) is 22.6. The normalized spacial score (nSPS) is 11.5. The highest BCUT2D eigenvalue weighted by molar-refractivity contribution is 6.24. The van der Waals surface area contributed by atoms with Crippen molar-refractivity contribution in [2.24, 2.45) is 0 Å². The number of benzene rings is 7. The monoisotopic (exact) mass is 512 g/mol. The third kappa shape index (κ3) is 3.56. The molecule has 0 N–H and O–H groups in total. The number of oxazole rings is 1. The standard InChI is InChI=1S/C37H24N2O/c1-4-11-26(12-5-1)37-38-36-34(40-37)24-20-25-19-21-30-29-17-10-18-33(31(29)22-23-32(30)35(25)36)39(27-13-6-2-7-14-27)28-15-8-3-9-16-28/h1-24H. The van der Waals surface area contributed by atoms with Crippen molar-refractivity contribution in [1.82, 2.24) is 4.98 Å². The van der Waals surface area contributed by atoms with Gasteiger partial charge in [-0.1, -0.05) is 97.1 Å². The average Bonchev–Trinajstić information content (AvgIpc) is 3.47. The topological polar surface area (TPSA) is 29.3 Å². The lowest BCUT2D eigenvalue weighted by atomic mass is 9.95. The molecule has 0 spiro atoms. The first-order valence-electron chi connectivity index (χ1n) is 13.5. The second-order valence-electron chi connectivity index (χ2n) is 10.0. The van der Waals surface area contributed by atoms with Crippen LogP contribution in [0.2, 0.25) is 0 Å². The Morgan fingerprint density at radius 3 is 1.80 bits per heavy atom. The summed E-state index contributed by atoms with van der Waals surface area (Å²) in [5.74, 6) is 0.643. The first-order chi connectivity index (χ1) is 19.8. The van der Waals surface area contributed by atoms with Crippen LogP contribution in [0.25, 0.3) is 54.9 Å². The van der Waals surface area contributed by atoms with Crippen molar-refractivity contribution >= 4 is 60.5 Å². The van der Waals surface area contributed by atoms with Gasteiger partial charge in [-0.05, 0) is 70.1 Å². The van der Waals surface area contributed by atoms with E-state index in [1.165, 1.54) is 21.5 Å². The third-order valence-corrected chi connectivity index (χ3v) is 7.66. The Balaban J connectivity index is 1.39. The van der Waals surface area contributed by atoms with Gasteiger partial charge in [-0.2, -0.15) is 0 Å². The molecule has 188 valence electrons. The number of nitrogens with zero attached hydrogens (tertiary/aromatic N) is 2. The first-order valence-corrected chi connectivity index (χ1v) is 13.5. The van der Waals surface area contributed by atoms with Crippen molar-refractivity contribution < 1.29 is 4.42 Å². The van der Waals surface area contributed by atoms with E-state index in [4.69, 9.17) is 9.40 Å². The highest BCUT2D eigenvalue weighted by atomic mass is 16.3. The van der Waals surface area contributed by atoms with Gasteiger partial charge in [0.05, 0.1) is 5.69 Å². The van der Waals surface area contributed by atoms with E-state index >= 15 is 0 Å². The van der Waals surface area contributed by atoms with Gasteiger partial charge < -0.3 is 9.32 Å². The molecule has 0 bridgehead atoms. The number of anilines is 3. The van der Waals surface area contributed by atoms with Crippen LogP contribution in [-0.2, 0) is 0 Å². The smallest absolute Gasteiger partial charge is 0.227 e. The van der Waals surface area contributed by atoms with Crippen molar-refractivity contribution in [3.05, 3.63) is 146 Å². The summed E-state index contributed by atoms with van der Waals surface area (Å²) in [6, 6.07) is 50.9. The van der Waals surface area contributed by atoms with Crippen molar-refractivity contribution in [2.75, 3.05) is 4.90 Å². The highest BCUT2D eigenvalue weighted by Gasteiger charge is 2.18. The van der Waals surface area contributed by atoms with Gasteiger partial charge in [0, 0.05) is 27.7 Å². The van der Waals surface area contributed by atoms with Gasteiger partial charge in [-0.15, -0.1) is 0 Å². The van der Waals surface area contributed by atoms with Gasteiger partial charge in [0.1, 0.15) is 5.52 Å². The molecule has 3 nitrogen and oxygen atoms in total.